The molecule has 7 heteroatoms. The number of carbonyl (C=O) groups is 3. The molecule has 0 spiro atoms. The third-order valence-corrected chi connectivity index (χ3v) is 3.64. The molecule has 2 aromatic carbocycles. The lowest BCUT2D eigenvalue weighted by molar-refractivity contribution is -0.151. The predicted octanol–water partition coefficient (Wildman–Crippen LogP) is 2.84. The average molecular weight is 382 g/mol. The molecule has 0 heterocycles. The first-order chi connectivity index (χ1) is 13.5. The summed E-state index contributed by atoms with van der Waals surface area (Å²) in [7, 11) is 1.38. The van der Waals surface area contributed by atoms with Gasteiger partial charge in [-0.1, -0.05) is 42.5 Å². The van der Waals surface area contributed by atoms with E-state index in [0.717, 1.165) is 11.3 Å². The quantitative estimate of drug-likeness (QED) is 0.567. The Kier molecular flexibility index (Phi) is 7.77. The molecule has 0 bridgehead atoms. The number of carbonyl (C=O) groups excluding carboxylic acids is 3. The second-order valence-corrected chi connectivity index (χ2v) is 5.63. The molecule has 0 aliphatic rings. The molecule has 0 aliphatic heterocycles. The molecule has 2 N–H and O–H groups in total. The molecule has 2 rings (SSSR count). The minimum absolute atomic E-state index is 0.451. The summed E-state index contributed by atoms with van der Waals surface area (Å²) in [5.74, 6) is -0.722. The van der Waals surface area contributed by atoms with E-state index in [4.69, 9.17) is 9.47 Å². The van der Waals surface area contributed by atoms with Crippen molar-refractivity contribution in [2.45, 2.75) is 13.0 Å². The van der Waals surface area contributed by atoms with Crippen LogP contribution in [0.1, 0.15) is 24.2 Å². The monoisotopic (exact) mass is 382 g/mol. The average Bonchev–Trinajstić information content (AvgIpc) is 2.72. The van der Waals surface area contributed by atoms with Gasteiger partial charge in [-0.3, -0.25) is 10.1 Å². The van der Waals surface area contributed by atoms with Crippen molar-refractivity contribution in [3.63, 3.8) is 0 Å². The van der Waals surface area contributed by atoms with Crippen molar-refractivity contribution < 1.29 is 23.9 Å². The molecular formula is C21H22N2O5. The largest absolute Gasteiger partial charge is 0.494 e. The fraction of sp³-hybridized carbons (Fsp3) is 0.190. The van der Waals surface area contributed by atoms with Crippen LogP contribution in [-0.2, 0) is 14.3 Å². The first-order valence-electron chi connectivity index (χ1n) is 8.72. The van der Waals surface area contributed by atoms with Gasteiger partial charge in [0.15, 0.2) is 0 Å². The van der Waals surface area contributed by atoms with Crippen molar-refractivity contribution in [3.05, 3.63) is 71.8 Å². The number of hydrogen-bond acceptors (Lipinski definition) is 5. The minimum Gasteiger partial charge on any atom is -0.494 e. The maximum Gasteiger partial charge on any atom is 0.331 e. The summed E-state index contributed by atoms with van der Waals surface area (Å²) >= 11 is 0. The van der Waals surface area contributed by atoms with Crippen LogP contribution < -0.4 is 15.4 Å². The summed E-state index contributed by atoms with van der Waals surface area (Å²) in [5.41, 5.74) is 1.22. The summed E-state index contributed by atoms with van der Waals surface area (Å²) < 4.78 is 10.6. The van der Waals surface area contributed by atoms with Gasteiger partial charge in [0.05, 0.1) is 6.61 Å². The van der Waals surface area contributed by atoms with Gasteiger partial charge in [-0.2, -0.15) is 0 Å². The number of esters is 1. The number of benzene rings is 2. The second-order valence-electron chi connectivity index (χ2n) is 5.63. The number of urea groups is 1. The zero-order valence-electron chi connectivity index (χ0n) is 15.7. The van der Waals surface area contributed by atoms with E-state index in [1.54, 1.807) is 60.7 Å². The van der Waals surface area contributed by atoms with Crippen molar-refractivity contribution in [3.8, 4) is 5.75 Å². The van der Waals surface area contributed by atoms with Gasteiger partial charge in [-0.15, -0.1) is 0 Å². The first-order valence-corrected chi connectivity index (χ1v) is 8.72. The third-order valence-electron chi connectivity index (χ3n) is 3.64. The van der Waals surface area contributed by atoms with Crippen LogP contribution in [0, 0.1) is 0 Å². The molecule has 0 unspecified atom stereocenters. The third kappa shape index (κ3) is 6.28. The van der Waals surface area contributed by atoms with Crippen LogP contribution in [-0.4, -0.2) is 31.6 Å². The summed E-state index contributed by atoms with van der Waals surface area (Å²) in [6.45, 7) is 2.47. The van der Waals surface area contributed by atoms with E-state index < -0.39 is 24.0 Å². The number of ether oxygens (including phenoxy) is 2. The van der Waals surface area contributed by atoms with Crippen LogP contribution in [0.4, 0.5) is 4.79 Å². The van der Waals surface area contributed by atoms with Gasteiger partial charge in [0, 0.05) is 18.7 Å². The van der Waals surface area contributed by atoms with Gasteiger partial charge in [0.1, 0.15) is 5.75 Å². The van der Waals surface area contributed by atoms with Crippen molar-refractivity contribution in [2.24, 2.45) is 0 Å². The zero-order valence-corrected chi connectivity index (χ0v) is 15.7. The highest BCUT2D eigenvalue weighted by Gasteiger charge is 2.25. The van der Waals surface area contributed by atoms with E-state index in [1.807, 2.05) is 6.92 Å². The molecule has 2 aromatic rings. The minimum atomic E-state index is -1.25. The summed E-state index contributed by atoms with van der Waals surface area (Å²) in [6.07, 6.45) is 1.53. The van der Waals surface area contributed by atoms with Gasteiger partial charge in [0.25, 0.3) is 5.91 Å². The molecule has 28 heavy (non-hydrogen) atoms. The lowest BCUT2D eigenvalue weighted by atomic mass is 10.1. The Labute approximate surface area is 163 Å². The highest BCUT2D eigenvalue weighted by molar-refractivity contribution is 5.98. The van der Waals surface area contributed by atoms with Crippen molar-refractivity contribution in [1.82, 2.24) is 10.6 Å². The van der Waals surface area contributed by atoms with Gasteiger partial charge in [0.2, 0.25) is 6.10 Å². The highest BCUT2D eigenvalue weighted by Crippen LogP contribution is 2.18. The van der Waals surface area contributed by atoms with Crippen LogP contribution in [0.5, 0.6) is 5.75 Å². The topological polar surface area (TPSA) is 93.7 Å². The normalized spacial score (nSPS) is 11.5. The smallest absolute Gasteiger partial charge is 0.331 e. The van der Waals surface area contributed by atoms with Crippen LogP contribution >= 0.6 is 0 Å². The summed E-state index contributed by atoms with van der Waals surface area (Å²) in [6, 6.07) is 14.9. The number of amides is 3. The van der Waals surface area contributed by atoms with E-state index in [0.29, 0.717) is 12.2 Å². The molecule has 0 aromatic heterocycles. The van der Waals surface area contributed by atoms with Crippen molar-refractivity contribution in [2.75, 3.05) is 13.7 Å². The van der Waals surface area contributed by atoms with Gasteiger partial charge < -0.3 is 14.8 Å². The fourth-order valence-corrected chi connectivity index (χ4v) is 2.30. The zero-order chi connectivity index (χ0) is 20.4. The lowest BCUT2D eigenvalue weighted by Gasteiger charge is -2.16. The standard InChI is InChI=1S/C21H22N2O5/c1-3-27-17-12-9-15(10-13-17)11-14-18(24)28-19(16-7-5-4-6-8-16)20(25)23-21(26)22-2/h4-14,19H,3H2,1-2H3,(H2,22,23,25,26)/b14-11+/t19-/m1/s1. The second kappa shape index (κ2) is 10.5. The van der Waals surface area contributed by atoms with Crippen LogP contribution in [0.3, 0.4) is 0 Å². The Bertz CT molecular complexity index is 832. The van der Waals surface area contributed by atoms with E-state index in [1.165, 1.54) is 13.1 Å². The number of hydrogen-bond donors (Lipinski definition) is 2. The molecule has 3 amide bonds. The SMILES string of the molecule is CCOc1ccc(/C=C/C(=O)O[C@@H](C(=O)NC(=O)NC)c2ccccc2)cc1. The van der Waals surface area contributed by atoms with Crippen LogP contribution in [0.2, 0.25) is 0 Å². The first kappa shape index (κ1) is 20.7. The molecule has 146 valence electrons. The maximum atomic E-state index is 12.3. The molecule has 1 atom stereocenters. The molecule has 0 saturated heterocycles. The Morgan fingerprint density at radius 3 is 2.32 bits per heavy atom. The van der Waals surface area contributed by atoms with E-state index in [-0.39, 0.29) is 0 Å². The molecule has 0 radical (unpaired) electrons. The Hall–Kier alpha value is -3.61. The van der Waals surface area contributed by atoms with Gasteiger partial charge in [-0.25, -0.2) is 9.59 Å². The number of rotatable bonds is 7. The predicted molar refractivity (Wildman–Crippen MR) is 105 cm³/mol. The summed E-state index contributed by atoms with van der Waals surface area (Å²) in [4.78, 5) is 36.0. The molecule has 0 saturated carbocycles. The lowest BCUT2D eigenvalue weighted by Crippen LogP contribution is -2.41. The highest BCUT2D eigenvalue weighted by atomic mass is 16.5. The Morgan fingerprint density at radius 1 is 1.04 bits per heavy atom. The maximum absolute atomic E-state index is 12.3. The number of imide groups is 1. The van der Waals surface area contributed by atoms with E-state index >= 15 is 0 Å². The molecule has 0 fully saturated rings. The molecule has 0 aliphatic carbocycles. The Balaban J connectivity index is 2.08. The van der Waals surface area contributed by atoms with Crippen LogP contribution in [0.25, 0.3) is 6.08 Å². The van der Waals surface area contributed by atoms with Crippen LogP contribution in [0.15, 0.2) is 60.7 Å². The van der Waals surface area contributed by atoms with Gasteiger partial charge in [-0.05, 0) is 30.7 Å². The van der Waals surface area contributed by atoms with E-state index in [2.05, 4.69) is 10.6 Å². The molecule has 7 nitrogen and oxygen atoms in total. The van der Waals surface area contributed by atoms with E-state index in [9.17, 15) is 14.4 Å². The fourth-order valence-electron chi connectivity index (χ4n) is 2.30. The van der Waals surface area contributed by atoms with Gasteiger partial charge >= 0.3 is 12.0 Å². The molecular weight excluding hydrogens is 360 g/mol. The van der Waals surface area contributed by atoms with Crippen molar-refractivity contribution in [1.29, 1.82) is 0 Å². The number of nitrogens with one attached hydrogen (secondary N) is 2. The van der Waals surface area contributed by atoms with Crippen molar-refractivity contribution >= 4 is 24.0 Å². The summed E-state index contributed by atoms with van der Waals surface area (Å²) in [5, 5.41) is 4.40. The Morgan fingerprint density at radius 2 is 1.71 bits per heavy atom.